The maximum Gasteiger partial charge on any atom is 0.285 e. The molecule has 0 atom stereocenters. The second kappa shape index (κ2) is 4.07. The highest BCUT2D eigenvalue weighted by molar-refractivity contribution is 9.10. The van der Waals surface area contributed by atoms with Crippen LogP contribution in [0.1, 0.15) is 5.56 Å². The number of hydrogen-bond donors (Lipinski definition) is 0. The largest absolute Gasteiger partial charge is 0.285 e. The van der Waals surface area contributed by atoms with Crippen molar-refractivity contribution >= 4 is 41.4 Å². The van der Waals surface area contributed by atoms with E-state index in [1.165, 1.54) is 12.1 Å². The van der Waals surface area contributed by atoms with Gasteiger partial charge >= 0.3 is 0 Å². The zero-order valence-corrected chi connectivity index (χ0v) is 10.6. The third-order valence-electron chi connectivity index (χ3n) is 1.62. The first kappa shape index (κ1) is 12.4. The van der Waals surface area contributed by atoms with E-state index < -0.39 is 14.0 Å². The molecule has 82 valence electrons. The molecule has 0 unspecified atom stereocenters. The van der Waals surface area contributed by atoms with E-state index in [2.05, 4.69) is 15.9 Å². The van der Waals surface area contributed by atoms with E-state index in [1.54, 1.807) is 6.92 Å². The summed E-state index contributed by atoms with van der Waals surface area (Å²) in [5, 5.41) is 10.6. The van der Waals surface area contributed by atoms with Crippen LogP contribution in [0.15, 0.2) is 21.5 Å². The number of aryl methyl sites for hydroxylation is 1. The van der Waals surface area contributed by atoms with Gasteiger partial charge in [-0.3, -0.25) is 10.1 Å². The topological polar surface area (TPSA) is 77.3 Å². The number of nitro groups is 1. The van der Waals surface area contributed by atoms with Crippen molar-refractivity contribution in [1.29, 1.82) is 0 Å². The number of nitrogens with zero attached hydrogens (tertiary/aromatic N) is 1. The van der Waals surface area contributed by atoms with Crippen molar-refractivity contribution in [2.75, 3.05) is 0 Å². The van der Waals surface area contributed by atoms with Crippen molar-refractivity contribution in [3.05, 3.63) is 32.3 Å². The summed E-state index contributed by atoms with van der Waals surface area (Å²) < 4.78 is 22.1. The van der Waals surface area contributed by atoms with Crippen LogP contribution >= 0.6 is 26.6 Å². The van der Waals surface area contributed by atoms with Gasteiger partial charge in [-0.2, -0.15) is 0 Å². The van der Waals surface area contributed by atoms with Gasteiger partial charge in [0, 0.05) is 16.7 Å². The summed E-state index contributed by atoms with van der Waals surface area (Å²) in [6, 6.07) is 2.52. The molecule has 0 radical (unpaired) electrons. The van der Waals surface area contributed by atoms with Gasteiger partial charge in [0.05, 0.1) is 4.92 Å². The van der Waals surface area contributed by atoms with Gasteiger partial charge in [0.2, 0.25) is 0 Å². The predicted molar refractivity (Wildman–Crippen MR) is 58.6 cm³/mol. The Morgan fingerprint density at radius 2 is 2.00 bits per heavy atom. The zero-order chi connectivity index (χ0) is 11.8. The Hall–Kier alpha value is -0.660. The minimum Gasteiger partial charge on any atom is -0.258 e. The van der Waals surface area contributed by atoms with E-state index in [4.69, 9.17) is 10.7 Å². The first-order valence-corrected chi connectivity index (χ1v) is 6.73. The summed E-state index contributed by atoms with van der Waals surface area (Å²) in [7, 11) is 1.14. The molecule has 0 heterocycles. The number of halogens is 2. The fraction of sp³-hybridized carbons (Fsp3) is 0.143. The van der Waals surface area contributed by atoms with E-state index in [1.807, 2.05) is 0 Å². The third-order valence-corrected chi connectivity index (χ3v) is 4.07. The van der Waals surface area contributed by atoms with Crippen LogP contribution in [0.3, 0.4) is 0 Å². The molecule has 8 heteroatoms. The van der Waals surface area contributed by atoms with Crippen LogP contribution in [0.4, 0.5) is 5.69 Å². The monoisotopic (exact) mass is 313 g/mol. The third kappa shape index (κ3) is 2.67. The minimum absolute atomic E-state index is 0.131. The molecular weight excluding hydrogens is 310 g/mol. The fourth-order valence-electron chi connectivity index (χ4n) is 1.03. The molecule has 0 N–H and O–H groups in total. The summed E-state index contributed by atoms with van der Waals surface area (Å²) in [6.07, 6.45) is 0. The molecule has 0 aliphatic heterocycles. The zero-order valence-electron chi connectivity index (χ0n) is 7.40. The molecule has 15 heavy (non-hydrogen) atoms. The van der Waals surface area contributed by atoms with Crippen LogP contribution in [0.5, 0.6) is 0 Å². The molecule has 0 amide bonds. The maximum absolute atomic E-state index is 11.1. The SMILES string of the molecule is Cc1cc([N+](=O)[O-])c(Br)c(S(=O)(=O)Cl)c1. The normalized spacial score (nSPS) is 11.4. The summed E-state index contributed by atoms with van der Waals surface area (Å²) in [4.78, 5) is 9.62. The lowest BCUT2D eigenvalue weighted by Crippen LogP contribution is -1.98. The molecule has 1 aromatic rings. The van der Waals surface area contributed by atoms with E-state index >= 15 is 0 Å². The molecule has 0 spiro atoms. The molecule has 0 saturated carbocycles. The average molecular weight is 315 g/mol. The van der Waals surface area contributed by atoms with Crippen molar-refractivity contribution in [1.82, 2.24) is 0 Å². The van der Waals surface area contributed by atoms with Gasteiger partial charge in [0.15, 0.2) is 0 Å². The van der Waals surface area contributed by atoms with E-state index in [0.717, 1.165) is 0 Å². The molecule has 0 saturated heterocycles. The fourth-order valence-corrected chi connectivity index (χ4v) is 3.33. The Kier molecular flexibility index (Phi) is 3.37. The quantitative estimate of drug-likeness (QED) is 0.477. The van der Waals surface area contributed by atoms with Gasteiger partial charge in [-0.25, -0.2) is 8.42 Å². The summed E-state index contributed by atoms with van der Waals surface area (Å²) in [6.45, 7) is 1.55. The van der Waals surface area contributed by atoms with Gasteiger partial charge in [0.25, 0.3) is 14.7 Å². The van der Waals surface area contributed by atoms with E-state index in [0.29, 0.717) is 5.56 Å². The Balaban J connectivity index is 3.63. The van der Waals surface area contributed by atoms with Crippen LogP contribution < -0.4 is 0 Å². The standard InChI is InChI=1S/C7H5BrClNO4S/c1-4-2-5(10(11)12)7(8)6(3-4)15(9,13)14/h2-3H,1H3. The molecule has 1 aromatic carbocycles. The van der Waals surface area contributed by atoms with Crippen molar-refractivity contribution in [3.63, 3.8) is 0 Å². The number of benzene rings is 1. The molecule has 0 fully saturated rings. The number of rotatable bonds is 2. The molecule has 1 rings (SSSR count). The minimum atomic E-state index is -3.99. The Labute approximate surface area is 98.7 Å². The highest BCUT2D eigenvalue weighted by Crippen LogP contribution is 2.34. The Morgan fingerprint density at radius 1 is 1.47 bits per heavy atom. The lowest BCUT2D eigenvalue weighted by atomic mass is 10.2. The van der Waals surface area contributed by atoms with Crippen LogP contribution in [0, 0.1) is 17.0 Å². The van der Waals surface area contributed by atoms with Gasteiger partial charge in [-0.05, 0) is 34.5 Å². The number of nitro benzene ring substituents is 1. The van der Waals surface area contributed by atoms with E-state index in [-0.39, 0.29) is 15.1 Å². The van der Waals surface area contributed by atoms with Crippen molar-refractivity contribution in [3.8, 4) is 0 Å². The number of hydrogen-bond acceptors (Lipinski definition) is 4. The molecule has 0 bridgehead atoms. The van der Waals surface area contributed by atoms with Crippen molar-refractivity contribution in [2.45, 2.75) is 11.8 Å². The van der Waals surface area contributed by atoms with E-state index in [9.17, 15) is 18.5 Å². The Bertz CT molecular complexity index is 528. The molecule has 0 aliphatic rings. The molecule has 5 nitrogen and oxygen atoms in total. The van der Waals surface area contributed by atoms with Gasteiger partial charge in [-0.15, -0.1) is 0 Å². The summed E-state index contributed by atoms with van der Waals surface area (Å²) in [5.41, 5.74) is 0.123. The molecule has 0 aromatic heterocycles. The second-order valence-corrected chi connectivity index (χ2v) is 6.12. The average Bonchev–Trinajstić information content (AvgIpc) is 2.06. The van der Waals surface area contributed by atoms with Crippen LogP contribution in [0.2, 0.25) is 0 Å². The molecule has 0 aliphatic carbocycles. The highest BCUT2D eigenvalue weighted by atomic mass is 79.9. The van der Waals surface area contributed by atoms with Crippen molar-refractivity contribution in [2.24, 2.45) is 0 Å². The summed E-state index contributed by atoms with van der Waals surface area (Å²) >= 11 is 2.85. The van der Waals surface area contributed by atoms with Crippen LogP contribution in [-0.4, -0.2) is 13.3 Å². The molecular formula is C7H5BrClNO4S. The van der Waals surface area contributed by atoms with Gasteiger partial charge in [0.1, 0.15) is 9.37 Å². The van der Waals surface area contributed by atoms with Gasteiger partial charge < -0.3 is 0 Å². The van der Waals surface area contributed by atoms with Crippen molar-refractivity contribution < 1.29 is 13.3 Å². The summed E-state index contributed by atoms with van der Waals surface area (Å²) in [5.74, 6) is 0. The van der Waals surface area contributed by atoms with Crippen LogP contribution in [-0.2, 0) is 9.05 Å². The Morgan fingerprint density at radius 3 is 2.40 bits per heavy atom. The predicted octanol–water partition coefficient (Wildman–Crippen LogP) is 2.59. The lowest BCUT2D eigenvalue weighted by Gasteiger charge is -2.03. The van der Waals surface area contributed by atoms with Crippen LogP contribution in [0.25, 0.3) is 0 Å². The maximum atomic E-state index is 11.1. The first-order valence-electron chi connectivity index (χ1n) is 3.62. The van der Waals surface area contributed by atoms with Gasteiger partial charge in [-0.1, -0.05) is 0 Å². The first-order chi connectivity index (χ1) is 6.73. The second-order valence-electron chi connectivity index (χ2n) is 2.79. The smallest absolute Gasteiger partial charge is 0.258 e. The lowest BCUT2D eigenvalue weighted by molar-refractivity contribution is -0.385. The highest BCUT2D eigenvalue weighted by Gasteiger charge is 2.23.